The van der Waals surface area contributed by atoms with Crippen LogP contribution in [0.5, 0.6) is 0 Å². The summed E-state index contributed by atoms with van der Waals surface area (Å²) in [6.07, 6.45) is 2.58. The van der Waals surface area contributed by atoms with Crippen LogP contribution in [0.2, 0.25) is 0 Å². The van der Waals surface area contributed by atoms with E-state index in [4.69, 9.17) is 5.11 Å². The van der Waals surface area contributed by atoms with Crippen molar-refractivity contribution in [3.05, 3.63) is 30.1 Å². The summed E-state index contributed by atoms with van der Waals surface area (Å²) in [5.74, 6) is 0. The fourth-order valence-corrected chi connectivity index (χ4v) is 1.18. The molecule has 0 fully saturated rings. The maximum absolute atomic E-state index is 9.49. The van der Waals surface area contributed by atoms with Gasteiger partial charge in [0.15, 0.2) is 0 Å². The Bertz CT molecular complexity index is 275. The molecular weight excluding hydrogens is 192 g/mol. The predicted molar refractivity (Wildman–Crippen MR) is 58.5 cm³/mol. The highest BCUT2D eigenvalue weighted by molar-refractivity contribution is 5.03. The van der Waals surface area contributed by atoms with Gasteiger partial charge in [-0.25, -0.2) is 0 Å². The van der Waals surface area contributed by atoms with E-state index in [0.717, 1.165) is 18.7 Å². The van der Waals surface area contributed by atoms with E-state index in [-0.39, 0.29) is 6.61 Å². The third kappa shape index (κ3) is 4.88. The van der Waals surface area contributed by atoms with Gasteiger partial charge in [0.2, 0.25) is 0 Å². The zero-order valence-electron chi connectivity index (χ0n) is 8.98. The van der Waals surface area contributed by atoms with Crippen molar-refractivity contribution in [1.82, 2.24) is 10.3 Å². The molecule has 4 heteroatoms. The standard InChI is InChI=1S/C11H18N2O2/c1-11(15,9-14)8-12-7-5-10-4-2-3-6-13-10/h2-4,6,12,14-15H,5,7-9H2,1H3. The Morgan fingerprint density at radius 1 is 1.47 bits per heavy atom. The monoisotopic (exact) mass is 210 g/mol. The van der Waals surface area contributed by atoms with Crippen molar-refractivity contribution >= 4 is 0 Å². The van der Waals surface area contributed by atoms with E-state index in [1.54, 1.807) is 13.1 Å². The third-order valence-corrected chi connectivity index (χ3v) is 2.13. The average Bonchev–Trinajstić information content (AvgIpc) is 2.26. The van der Waals surface area contributed by atoms with Crippen LogP contribution < -0.4 is 5.32 Å². The van der Waals surface area contributed by atoms with Gasteiger partial charge < -0.3 is 15.5 Å². The third-order valence-electron chi connectivity index (χ3n) is 2.13. The maximum Gasteiger partial charge on any atom is 0.0972 e. The highest BCUT2D eigenvalue weighted by Gasteiger charge is 2.17. The lowest BCUT2D eigenvalue weighted by atomic mass is 10.1. The molecule has 1 heterocycles. The Hall–Kier alpha value is -0.970. The number of hydrogen-bond acceptors (Lipinski definition) is 4. The van der Waals surface area contributed by atoms with Crippen molar-refractivity contribution < 1.29 is 10.2 Å². The highest BCUT2D eigenvalue weighted by atomic mass is 16.3. The van der Waals surface area contributed by atoms with Crippen LogP contribution >= 0.6 is 0 Å². The molecule has 1 rings (SSSR count). The number of nitrogens with one attached hydrogen (secondary N) is 1. The van der Waals surface area contributed by atoms with E-state index in [1.807, 2.05) is 18.2 Å². The van der Waals surface area contributed by atoms with Gasteiger partial charge >= 0.3 is 0 Å². The van der Waals surface area contributed by atoms with Crippen molar-refractivity contribution in [1.29, 1.82) is 0 Å². The minimum absolute atomic E-state index is 0.233. The summed E-state index contributed by atoms with van der Waals surface area (Å²) in [6.45, 7) is 2.49. The normalized spacial score (nSPS) is 14.9. The SMILES string of the molecule is CC(O)(CO)CNCCc1ccccn1. The molecule has 15 heavy (non-hydrogen) atoms. The quantitative estimate of drug-likeness (QED) is 0.576. The molecule has 84 valence electrons. The van der Waals surface area contributed by atoms with Gasteiger partial charge in [-0.1, -0.05) is 6.07 Å². The van der Waals surface area contributed by atoms with Crippen LogP contribution in [0.1, 0.15) is 12.6 Å². The average molecular weight is 210 g/mol. The zero-order chi connectivity index (χ0) is 11.1. The minimum atomic E-state index is -1.04. The molecule has 0 aliphatic heterocycles. The molecule has 0 saturated carbocycles. The van der Waals surface area contributed by atoms with Gasteiger partial charge in [0.1, 0.15) is 0 Å². The van der Waals surface area contributed by atoms with E-state index < -0.39 is 5.60 Å². The van der Waals surface area contributed by atoms with Crippen molar-refractivity contribution in [2.45, 2.75) is 18.9 Å². The van der Waals surface area contributed by atoms with E-state index >= 15 is 0 Å². The molecule has 0 aliphatic carbocycles. The molecule has 1 unspecified atom stereocenters. The molecule has 0 spiro atoms. The second-order valence-corrected chi connectivity index (χ2v) is 3.90. The molecule has 1 aromatic heterocycles. The smallest absolute Gasteiger partial charge is 0.0972 e. The number of pyridine rings is 1. The molecule has 3 N–H and O–H groups in total. The van der Waals surface area contributed by atoms with Gasteiger partial charge in [-0.3, -0.25) is 4.98 Å². The van der Waals surface area contributed by atoms with E-state index in [0.29, 0.717) is 6.54 Å². The number of rotatable bonds is 6. The van der Waals surface area contributed by atoms with Gasteiger partial charge in [0.05, 0.1) is 12.2 Å². The van der Waals surface area contributed by atoms with Crippen LogP contribution in [-0.4, -0.2) is 40.5 Å². The van der Waals surface area contributed by atoms with Gasteiger partial charge in [-0.15, -0.1) is 0 Å². The summed E-state index contributed by atoms with van der Waals surface area (Å²) >= 11 is 0. The Kier molecular flexibility index (Phi) is 4.68. The molecule has 1 atom stereocenters. The first-order chi connectivity index (χ1) is 7.14. The first-order valence-electron chi connectivity index (χ1n) is 5.08. The lowest BCUT2D eigenvalue weighted by Crippen LogP contribution is -2.41. The fourth-order valence-electron chi connectivity index (χ4n) is 1.18. The number of aliphatic hydroxyl groups excluding tert-OH is 1. The topological polar surface area (TPSA) is 65.4 Å². The number of aromatic nitrogens is 1. The maximum atomic E-state index is 9.49. The van der Waals surface area contributed by atoms with Crippen LogP contribution in [0.15, 0.2) is 24.4 Å². The van der Waals surface area contributed by atoms with Gasteiger partial charge in [0, 0.05) is 31.4 Å². The lowest BCUT2D eigenvalue weighted by molar-refractivity contribution is 0.00298. The molecule has 0 amide bonds. The van der Waals surface area contributed by atoms with E-state index in [2.05, 4.69) is 10.3 Å². The Labute approximate surface area is 90.0 Å². The summed E-state index contributed by atoms with van der Waals surface area (Å²) in [7, 11) is 0. The molecule has 0 radical (unpaired) electrons. The van der Waals surface area contributed by atoms with Crippen molar-refractivity contribution in [2.24, 2.45) is 0 Å². The van der Waals surface area contributed by atoms with Crippen molar-refractivity contribution in [2.75, 3.05) is 19.7 Å². The molecule has 0 aliphatic rings. The van der Waals surface area contributed by atoms with Gasteiger partial charge in [-0.05, 0) is 19.1 Å². The molecule has 0 saturated heterocycles. The van der Waals surface area contributed by atoms with Crippen LogP contribution in [0, 0.1) is 0 Å². The van der Waals surface area contributed by atoms with E-state index in [1.165, 1.54) is 0 Å². The molecular formula is C11H18N2O2. The Morgan fingerprint density at radius 3 is 2.87 bits per heavy atom. The first kappa shape index (κ1) is 12.1. The largest absolute Gasteiger partial charge is 0.393 e. The Balaban J connectivity index is 2.18. The molecule has 1 aromatic rings. The molecule has 4 nitrogen and oxygen atoms in total. The number of aliphatic hydroxyl groups is 2. The minimum Gasteiger partial charge on any atom is -0.393 e. The second kappa shape index (κ2) is 5.80. The summed E-state index contributed by atoms with van der Waals surface area (Å²) in [4.78, 5) is 4.18. The fraction of sp³-hybridized carbons (Fsp3) is 0.545. The highest BCUT2D eigenvalue weighted by Crippen LogP contribution is 1.99. The summed E-state index contributed by atoms with van der Waals surface area (Å²) in [6, 6.07) is 5.80. The van der Waals surface area contributed by atoms with Gasteiger partial charge in [0.25, 0.3) is 0 Å². The van der Waals surface area contributed by atoms with Crippen LogP contribution in [-0.2, 0) is 6.42 Å². The predicted octanol–water partition coefficient (Wildman–Crippen LogP) is -0.0430. The lowest BCUT2D eigenvalue weighted by Gasteiger charge is -2.20. The summed E-state index contributed by atoms with van der Waals surface area (Å²) in [5, 5.41) is 21.4. The second-order valence-electron chi connectivity index (χ2n) is 3.90. The zero-order valence-corrected chi connectivity index (χ0v) is 8.98. The number of nitrogens with zero attached hydrogens (tertiary/aromatic N) is 1. The summed E-state index contributed by atoms with van der Waals surface area (Å²) < 4.78 is 0. The molecule has 0 bridgehead atoms. The summed E-state index contributed by atoms with van der Waals surface area (Å²) in [5.41, 5.74) is -0.0157. The van der Waals surface area contributed by atoms with E-state index in [9.17, 15) is 5.11 Å². The Morgan fingerprint density at radius 2 is 2.27 bits per heavy atom. The van der Waals surface area contributed by atoms with Gasteiger partial charge in [-0.2, -0.15) is 0 Å². The van der Waals surface area contributed by atoms with Crippen LogP contribution in [0.4, 0.5) is 0 Å². The number of hydrogen-bond donors (Lipinski definition) is 3. The van der Waals surface area contributed by atoms with Crippen molar-refractivity contribution in [3.63, 3.8) is 0 Å². The van der Waals surface area contributed by atoms with Crippen molar-refractivity contribution in [3.8, 4) is 0 Å². The van der Waals surface area contributed by atoms with Crippen LogP contribution in [0.25, 0.3) is 0 Å². The first-order valence-corrected chi connectivity index (χ1v) is 5.08. The molecule has 0 aromatic carbocycles. The van der Waals surface area contributed by atoms with Crippen LogP contribution in [0.3, 0.4) is 0 Å².